The van der Waals surface area contributed by atoms with Crippen LogP contribution in [0.4, 0.5) is 21.9 Å². The fourth-order valence-electron chi connectivity index (χ4n) is 4.29. The zero-order valence-electron chi connectivity index (χ0n) is 18.1. The van der Waals surface area contributed by atoms with E-state index in [2.05, 4.69) is 5.32 Å². The number of carbonyl (C=O) groups excluding carboxylic acids is 2. The lowest BCUT2D eigenvalue weighted by Crippen LogP contribution is -2.49. The van der Waals surface area contributed by atoms with Gasteiger partial charge in [0, 0.05) is 17.9 Å². The van der Waals surface area contributed by atoms with Crippen LogP contribution in [0.2, 0.25) is 0 Å². The van der Waals surface area contributed by atoms with Gasteiger partial charge in [0.05, 0.1) is 37.6 Å². The predicted molar refractivity (Wildman–Crippen MR) is 126 cm³/mol. The highest BCUT2D eigenvalue weighted by molar-refractivity contribution is 6.00. The summed E-state index contributed by atoms with van der Waals surface area (Å²) in [6.45, 7) is 1.63. The van der Waals surface area contributed by atoms with Crippen LogP contribution in [0.3, 0.4) is 0 Å². The van der Waals surface area contributed by atoms with E-state index in [4.69, 9.17) is 9.47 Å². The van der Waals surface area contributed by atoms with Gasteiger partial charge in [-0.3, -0.25) is 9.69 Å². The smallest absolute Gasteiger partial charge is 0.415 e. The Morgan fingerprint density at radius 3 is 2.36 bits per heavy atom. The summed E-state index contributed by atoms with van der Waals surface area (Å²) in [5, 5.41) is 3.33. The van der Waals surface area contributed by atoms with Gasteiger partial charge in [-0.15, -0.1) is 0 Å². The Bertz CT molecular complexity index is 1140. The van der Waals surface area contributed by atoms with Crippen LogP contribution >= 0.6 is 0 Å². The maximum atomic E-state index is 13.6. The van der Waals surface area contributed by atoms with Crippen molar-refractivity contribution in [2.24, 2.45) is 0 Å². The molecule has 0 bridgehead atoms. The van der Waals surface area contributed by atoms with Gasteiger partial charge in [0.2, 0.25) is 0 Å². The number of anilines is 3. The van der Waals surface area contributed by atoms with Crippen molar-refractivity contribution in [3.63, 3.8) is 0 Å². The molecule has 168 valence electrons. The molecule has 1 N–H and O–H groups in total. The number of nitrogens with zero attached hydrogens (tertiary/aromatic N) is 2. The third kappa shape index (κ3) is 4.40. The molecule has 0 aliphatic carbocycles. The molecule has 1 unspecified atom stereocenters. The minimum atomic E-state index is -0.916. The van der Waals surface area contributed by atoms with Gasteiger partial charge in [0.15, 0.2) is 5.60 Å². The van der Waals surface area contributed by atoms with E-state index in [1.165, 1.54) is 0 Å². The van der Waals surface area contributed by atoms with Gasteiger partial charge in [0.1, 0.15) is 0 Å². The Balaban J connectivity index is 1.38. The van der Waals surface area contributed by atoms with Crippen molar-refractivity contribution in [2.75, 3.05) is 43.1 Å². The molecule has 7 nitrogen and oxygen atoms in total. The molecule has 0 radical (unpaired) electrons. The van der Waals surface area contributed by atoms with Gasteiger partial charge in [-0.1, -0.05) is 48.5 Å². The van der Waals surface area contributed by atoms with E-state index in [9.17, 15) is 9.59 Å². The summed E-state index contributed by atoms with van der Waals surface area (Å²) in [7, 11) is 0. The molecule has 1 spiro atoms. The van der Waals surface area contributed by atoms with Crippen LogP contribution in [0.1, 0.15) is 10.4 Å². The number of hydrogen-bond acceptors (Lipinski definition) is 5. The van der Waals surface area contributed by atoms with E-state index in [-0.39, 0.29) is 19.1 Å². The summed E-state index contributed by atoms with van der Waals surface area (Å²) in [5.74, 6) is -0.131. The zero-order valence-corrected chi connectivity index (χ0v) is 18.1. The van der Waals surface area contributed by atoms with Gasteiger partial charge in [0.25, 0.3) is 5.91 Å². The Kier molecular flexibility index (Phi) is 5.71. The standard InChI is InChI=1S/C26H25N3O4/c30-24(22-13-7-8-14-23(22)27-20-9-3-1-4-10-20)28-15-16-32-19-26(17-28)18-29(25(31)33-26)21-11-5-2-6-12-21/h1-14,27H,15-19H2. The van der Waals surface area contributed by atoms with Crippen LogP contribution in [-0.2, 0) is 9.47 Å². The first-order valence-electron chi connectivity index (χ1n) is 11.0. The van der Waals surface area contributed by atoms with E-state index in [0.29, 0.717) is 25.3 Å². The molecule has 2 amide bonds. The topological polar surface area (TPSA) is 71.1 Å². The summed E-state index contributed by atoms with van der Waals surface area (Å²) in [4.78, 5) is 29.6. The average molecular weight is 444 g/mol. The van der Waals surface area contributed by atoms with Gasteiger partial charge < -0.3 is 19.7 Å². The van der Waals surface area contributed by atoms with Gasteiger partial charge in [-0.05, 0) is 36.4 Å². The fraction of sp³-hybridized carbons (Fsp3) is 0.231. The molecule has 3 aromatic carbocycles. The van der Waals surface area contributed by atoms with Crippen molar-refractivity contribution in [3.05, 3.63) is 90.5 Å². The molecule has 33 heavy (non-hydrogen) atoms. The summed E-state index contributed by atoms with van der Waals surface area (Å²) < 4.78 is 11.6. The molecular weight excluding hydrogens is 418 g/mol. The minimum absolute atomic E-state index is 0.131. The first kappa shape index (κ1) is 21.0. The molecule has 2 aliphatic rings. The fourth-order valence-corrected chi connectivity index (χ4v) is 4.29. The quantitative estimate of drug-likeness (QED) is 0.651. The molecule has 3 aromatic rings. The third-order valence-electron chi connectivity index (χ3n) is 5.89. The highest BCUT2D eigenvalue weighted by Crippen LogP contribution is 2.31. The molecule has 2 heterocycles. The zero-order chi connectivity index (χ0) is 22.7. The van der Waals surface area contributed by atoms with Crippen LogP contribution in [0.5, 0.6) is 0 Å². The van der Waals surface area contributed by atoms with Crippen LogP contribution < -0.4 is 10.2 Å². The first-order valence-corrected chi connectivity index (χ1v) is 11.0. The van der Waals surface area contributed by atoms with Crippen LogP contribution in [0.15, 0.2) is 84.9 Å². The van der Waals surface area contributed by atoms with Crippen molar-refractivity contribution in [2.45, 2.75) is 5.60 Å². The Labute approximate surface area is 192 Å². The number of nitrogens with one attached hydrogen (secondary N) is 1. The van der Waals surface area contributed by atoms with E-state index in [0.717, 1.165) is 17.1 Å². The van der Waals surface area contributed by atoms with Crippen molar-refractivity contribution in [1.29, 1.82) is 0 Å². The lowest BCUT2D eigenvalue weighted by Gasteiger charge is -2.30. The molecule has 5 rings (SSSR count). The van der Waals surface area contributed by atoms with Crippen molar-refractivity contribution in [1.82, 2.24) is 4.90 Å². The minimum Gasteiger partial charge on any atom is -0.436 e. The number of carbonyl (C=O) groups is 2. The summed E-state index contributed by atoms with van der Waals surface area (Å²) in [6.07, 6.45) is -0.426. The Hall–Kier alpha value is -3.84. The van der Waals surface area contributed by atoms with Crippen LogP contribution in [-0.4, -0.2) is 55.3 Å². The van der Waals surface area contributed by atoms with E-state index >= 15 is 0 Å². The number of benzene rings is 3. The molecule has 2 fully saturated rings. The molecule has 7 heteroatoms. The second kappa shape index (κ2) is 8.96. The average Bonchev–Trinajstić information content (AvgIpc) is 3.03. The van der Waals surface area contributed by atoms with Gasteiger partial charge in [-0.2, -0.15) is 0 Å². The monoisotopic (exact) mass is 443 g/mol. The number of rotatable bonds is 4. The van der Waals surface area contributed by atoms with E-state index in [1.54, 1.807) is 9.80 Å². The van der Waals surface area contributed by atoms with Crippen LogP contribution in [0, 0.1) is 0 Å². The number of ether oxygens (including phenoxy) is 2. The molecule has 0 aromatic heterocycles. The largest absolute Gasteiger partial charge is 0.436 e. The maximum Gasteiger partial charge on any atom is 0.415 e. The summed E-state index contributed by atoms with van der Waals surface area (Å²) in [6, 6.07) is 26.6. The summed E-state index contributed by atoms with van der Waals surface area (Å²) in [5.41, 5.74) is 2.03. The number of hydrogen-bond donors (Lipinski definition) is 1. The molecule has 1 atom stereocenters. The second-order valence-electron chi connectivity index (χ2n) is 8.29. The number of para-hydroxylation sites is 3. The first-order chi connectivity index (χ1) is 16.1. The van der Waals surface area contributed by atoms with E-state index < -0.39 is 11.7 Å². The third-order valence-corrected chi connectivity index (χ3v) is 5.89. The molecule has 0 saturated carbocycles. The van der Waals surface area contributed by atoms with Crippen LogP contribution in [0.25, 0.3) is 0 Å². The van der Waals surface area contributed by atoms with Crippen molar-refractivity contribution in [3.8, 4) is 0 Å². The highest BCUT2D eigenvalue weighted by Gasteiger charge is 2.49. The Morgan fingerprint density at radius 2 is 1.58 bits per heavy atom. The second-order valence-corrected chi connectivity index (χ2v) is 8.29. The Morgan fingerprint density at radius 1 is 0.879 bits per heavy atom. The SMILES string of the molecule is O=C(c1ccccc1Nc1ccccc1)N1CCOCC2(C1)CN(c1ccccc1)C(=O)O2. The normalized spacial score (nSPS) is 20.4. The maximum absolute atomic E-state index is 13.6. The molecule has 2 aliphatic heterocycles. The van der Waals surface area contributed by atoms with Gasteiger partial charge >= 0.3 is 6.09 Å². The molecular formula is C26H25N3O4. The number of amides is 2. The van der Waals surface area contributed by atoms with Crippen molar-refractivity contribution < 1.29 is 19.1 Å². The molecule has 2 saturated heterocycles. The predicted octanol–water partition coefficient (Wildman–Crippen LogP) is 4.30. The van der Waals surface area contributed by atoms with Crippen molar-refractivity contribution >= 4 is 29.1 Å². The van der Waals surface area contributed by atoms with E-state index in [1.807, 2.05) is 84.9 Å². The highest BCUT2D eigenvalue weighted by atomic mass is 16.6. The summed E-state index contributed by atoms with van der Waals surface area (Å²) >= 11 is 0. The lowest BCUT2D eigenvalue weighted by atomic mass is 10.0. The van der Waals surface area contributed by atoms with Gasteiger partial charge in [-0.25, -0.2) is 4.79 Å². The lowest BCUT2D eigenvalue weighted by molar-refractivity contribution is -0.0140.